The van der Waals surface area contributed by atoms with Crippen LogP contribution in [0.2, 0.25) is 5.02 Å². The molecule has 0 bridgehead atoms. The maximum atomic E-state index is 15.3. The summed E-state index contributed by atoms with van der Waals surface area (Å²) in [6.45, 7) is 8.72. The van der Waals surface area contributed by atoms with Crippen molar-refractivity contribution in [2.24, 2.45) is 0 Å². The molecule has 234 valence electrons. The van der Waals surface area contributed by atoms with Crippen molar-refractivity contribution in [1.29, 1.82) is 5.26 Å². The molecule has 0 radical (unpaired) electrons. The van der Waals surface area contributed by atoms with Crippen LogP contribution >= 0.6 is 11.6 Å². The zero-order chi connectivity index (χ0) is 33.0. The van der Waals surface area contributed by atoms with Gasteiger partial charge in [-0.3, -0.25) is 14.6 Å². The Morgan fingerprint density at radius 1 is 1.09 bits per heavy atom. The van der Waals surface area contributed by atoms with Crippen molar-refractivity contribution in [1.82, 2.24) is 14.8 Å². The molecule has 1 aliphatic heterocycles. The molecular formula is C33H30ClF4N5O2. The van der Waals surface area contributed by atoms with Crippen molar-refractivity contribution in [2.75, 3.05) is 31.9 Å². The SMILES string of the molecule is CCC(=O)N1CCN(C2=CC(=O)C(C#N)(c3c(C)ccnc3C(C)C)c3cc(-c4c(N)c(F)c(F)c(F)c4F)c(Cl)cc32)CC1. The fourth-order valence-corrected chi connectivity index (χ4v) is 6.52. The quantitative estimate of drug-likeness (QED) is 0.153. The topological polar surface area (TPSA) is 103 Å². The number of ketones is 1. The summed E-state index contributed by atoms with van der Waals surface area (Å²) >= 11 is 6.66. The van der Waals surface area contributed by atoms with Crippen molar-refractivity contribution < 1.29 is 27.2 Å². The van der Waals surface area contributed by atoms with E-state index in [1.165, 1.54) is 18.2 Å². The standard InChI is InChI=1S/C33H30ClF4N5O2/c1-5-24(45)43-10-8-42(9-11-43)22-14-23(44)33(15-39,26-17(4)6-7-41-32(26)16(2)3)20-12-19(21(34)13-18(20)22)25-27(35)28(36)29(37)30(38)31(25)40/h6-7,12-14,16H,5,8-11,40H2,1-4H3. The van der Waals surface area contributed by atoms with Gasteiger partial charge >= 0.3 is 0 Å². The normalized spacial score (nSPS) is 18.2. The van der Waals surface area contributed by atoms with Crippen molar-refractivity contribution >= 4 is 34.7 Å². The first kappa shape index (κ1) is 32.0. The number of anilines is 1. The number of halogens is 5. The van der Waals surface area contributed by atoms with Gasteiger partial charge in [0.2, 0.25) is 5.91 Å². The van der Waals surface area contributed by atoms with Gasteiger partial charge in [-0.2, -0.15) is 5.26 Å². The van der Waals surface area contributed by atoms with Crippen LogP contribution in [-0.2, 0) is 15.0 Å². The monoisotopic (exact) mass is 639 g/mol. The number of aryl methyl sites for hydroxylation is 1. The summed E-state index contributed by atoms with van der Waals surface area (Å²) in [7, 11) is 0. The third-order valence-corrected chi connectivity index (χ3v) is 8.86. The Morgan fingerprint density at radius 2 is 1.73 bits per heavy atom. The van der Waals surface area contributed by atoms with Gasteiger partial charge in [-0.15, -0.1) is 0 Å². The zero-order valence-corrected chi connectivity index (χ0v) is 25.8. The number of fused-ring (bicyclic) bond motifs is 1. The first-order valence-electron chi connectivity index (χ1n) is 14.4. The van der Waals surface area contributed by atoms with Crippen molar-refractivity contribution in [3.63, 3.8) is 0 Å². The third kappa shape index (κ3) is 4.92. The van der Waals surface area contributed by atoms with E-state index >= 15 is 4.39 Å². The number of piperazine rings is 1. The molecule has 0 saturated carbocycles. The Hall–Kier alpha value is -4.43. The van der Waals surface area contributed by atoms with Crippen LogP contribution in [-0.4, -0.2) is 52.7 Å². The molecule has 1 atom stereocenters. The molecule has 0 spiro atoms. The molecule has 2 heterocycles. The van der Waals surface area contributed by atoms with Crippen molar-refractivity contribution in [3.05, 3.63) is 86.7 Å². The number of hydrogen-bond acceptors (Lipinski definition) is 6. The molecule has 45 heavy (non-hydrogen) atoms. The number of amides is 1. The lowest BCUT2D eigenvalue weighted by Gasteiger charge is -2.41. The molecule has 1 amide bonds. The minimum absolute atomic E-state index is 0.00780. The Balaban J connectivity index is 1.83. The minimum Gasteiger partial charge on any atom is -0.396 e. The average molecular weight is 640 g/mol. The number of pyridine rings is 1. The van der Waals surface area contributed by atoms with E-state index in [-0.39, 0.29) is 28.0 Å². The second-order valence-corrected chi connectivity index (χ2v) is 11.8. The molecule has 2 aliphatic rings. The van der Waals surface area contributed by atoms with Gasteiger partial charge in [0.15, 0.2) is 34.5 Å². The molecule has 1 aliphatic carbocycles. The van der Waals surface area contributed by atoms with Crippen molar-refractivity contribution in [3.8, 4) is 17.2 Å². The maximum absolute atomic E-state index is 15.3. The van der Waals surface area contributed by atoms with Gasteiger partial charge in [0.25, 0.3) is 0 Å². The van der Waals surface area contributed by atoms with Gasteiger partial charge in [0.1, 0.15) is 0 Å². The molecule has 12 heteroatoms. The Labute approximate surface area is 262 Å². The number of nitriles is 1. The summed E-state index contributed by atoms with van der Waals surface area (Å²) < 4.78 is 58.5. The number of hydrogen-bond donors (Lipinski definition) is 1. The van der Waals surface area contributed by atoms with Gasteiger partial charge in [-0.25, -0.2) is 17.6 Å². The lowest BCUT2D eigenvalue weighted by Crippen LogP contribution is -2.49. The van der Waals surface area contributed by atoms with E-state index in [0.29, 0.717) is 60.7 Å². The molecule has 5 rings (SSSR count). The maximum Gasteiger partial charge on any atom is 0.222 e. The first-order valence-corrected chi connectivity index (χ1v) is 14.8. The molecule has 3 aromatic rings. The lowest BCUT2D eigenvalue weighted by atomic mass is 9.64. The van der Waals surface area contributed by atoms with Gasteiger partial charge in [0.05, 0.1) is 11.8 Å². The smallest absolute Gasteiger partial charge is 0.222 e. The number of nitrogens with two attached hydrogens (primary N) is 1. The highest BCUT2D eigenvalue weighted by Gasteiger charge is 2.50. The van der Waals surface area contributed by atoms with Gasteiger partial charge in [-0.05, 0) is 42.2 Å². The number of nitrogen functional groups attached to an aromatic ring is 1. The van der Waals surface area contributed by atoms with Crippen LogP contribution in [0.5, 0.6) is 0 Å². The summed E-state index contributed by atoms with van der Waals surface area (Å²) in [5, 5.41) is 10.7. The second-order valence-electron chi connectivity index (χ2n) is 11.4. The third-order valence-electron chi connectivity index (χ3n) is 8.55. The van der Waals surface area contributed by atoms with E-state index in [1.54, 1.807) is 31.0 Å². The van der Waals surface area contributed by atoms with Crippen LogP contribution in [0.3, 0.4) is 0 Å². The Bertz CT molecular complexity index is 1800. The summed E-state index contributed by atoms with van der Waals surface area (Å²) in [4.78, 5) is 34.8. The van der Waals surface area contributed by atoms with E-state index in [1.807, 2.05) is 18.7 Å². The predicted molar refractivity (Wildman–Crippen MR) is 162 cm³/mol. The second kappa shape index (κ2) is 11.8. The molecule has 1 saturated heterocycles. The summed E-state index contributed by atoms with van der Waals surface area (Å²) in [5.41, 5.74) is 3.76. The van der Waals surface area contributed by atoms with Crippen LogP contribution in [0.25, 0.3) is 16.8 Å². The largest absolute Gasteiger partial charge is 0.396 e. The fourth-order valence-electron chi connectivity index (χ4n) is 6.26. The molecule has 1 aromatic heterocycles. The number of nitrogens with zero attached hydrogens (tertiary/aromatic N) is 4. The predicted octanol–water partition coefficient (Wildman–Crippen LogP) is 6.26. The van der Waals surface area contributed by atoms with E-state index in [2.05, 4.69) is 11.1 Å². The minimum atomic E-state index is -2.08. The van der Waals surface area contributed by atoms with Gasteiger partial charge < -0.3 is 15.5 Å². The molecule has 1 fully saturated rings. The van der Waals surface area contributed by atoms with E-state index in [4.69, 9.17) is 17.3 Å². The number of benzene rings is 2. The molecule has 7 nitrogen and oxygen atoms in total. The highest BCUT2D eigenvalue weighted by molar-refractivity contribution is 6.34. The molecular weight excluding hydrogens is 610 g/mol. The van der Waals surface area contributed by atoms with Crippen LogP contribution in [0, 0.1) is 41.5 Å². The van der Waals surface area contributed by atoms with Gasteiger partial charge in [0, 0.05) is 83.5 Å². The van der Waals surface area contributed by atoms with Gasteiger partial charge in [-0.1, -0.05) is 32.4 Å². The summed E-state index contributed by atoms with van der Waals surface area (Å²) in [5.74, 6) is -8.59. The van der Waals surface area contributed by atoms with Crippen molar-refractivity contribution in [2.45, 2.75) is 45.4 Å². The Morgan fingerprint density at radius 3 is 2.33 bits per heavy atom. The number of carbonyl (C=O) groups excluding carboxylic acids is 2. The highest BCUT2D eigenvalue weighted by Crippen LogP contribution is 2.49. The van der Waals surface area contributed by atoms with Crippen LogP contribution in [0.4, 0.5) is 23.2 Å². The van der Waals surface area contributed by atoms with E-state index < -0.39 is 45.7 Å². The van der Waals surface area contributed by atoms with Crippen LogP contribution in [0.15, 0.2) is 30.5 Å². The summed E-state index contributed by atoms with van der Waals surface area (Å²) in [6.07, 6.45) is 3.28. The first-order chi connectivity index (χ1) is 21.3. The molecule has 1 unspecified atom stereocenters. The number of carbonyl (C=O) groups is 2. The highest BCUT2D eigenvalue weighted by atomic mass is 35.5. The average Bonchev–Trinajstić information content (AvgIpc) is 3.03. The summed E-state index contributed by atoms with van der Waals surface area (Å²) in [6, 6.07) is 6.48. The molecule has 2 N–H and O–H groups in total. The fraction of sp³-hybridized carbons (Fsp3) is 0.333. The number of aromatic nitrogens is 1. The molecule has 2 aromatic carbocycles. The zero-order valence-electron chi connectivity index (χ0n) is 25.1. The van der Waals surface area contributed by atoms with Crippen LogP contribution in [0.1, 0.15) is 61.1 Å². The number of allylic oxidation sites excluding steroid dienone is 1. The number of rotatable bonds is 5. The van der Waals surface area contributed by atoms with E-state index in [0.717, 1.165) is 0 Å². The van der Waals surface area contributed by atoms with Crippen LogP contribution < -0.4 is 5.73 Å². The van der Waals surface area contributed by atoms with E-state index in [9.17, 15) is 28.0 Å². The Kier molecular flexibility index (Phi) is 8.40. The lowest BCUT2D eigenvalue weighted by molar-refractivity contribution is -0.132.